The van der Waals surface area contributed by atoms with Gasteiger partial charge < -0.3 is 9.88 Å². The monoisotopic (exact) mass is 604 g/mol. The molecule has 0 fully saturated rings. The predicted molar refractivity (Wildman–Crippen MR) is 203 cm³/mol. The third-order valence-corrected chi connectivity index (χ3v) is 9.07. The van der Waals surface area contributed by atoms with E-state index in [1.54, 1.807) is 0 Å². The molecule has 1 aromatic heterocycles. The van der Waals surface area contributed by atoms with Gasteiger partial charge in [0.1, 0.15) is 0 Å². The molecule has 0 unspecified atom stereocenters. The molecule has 1 aliphatic carbocycles. The fourth-order valence-electron chi connectivity index (χ4n) is 6.85. The maximum Gasteiger partial charge on any atom is 0.0553 e. The molecule has 1 N–H and O–H groups in total. The van der Waals surface area contributed by atoms with Crippen molar-refractivity contribution in [2.24, 2.45) is 0 Å². The number of hydrogen-bond donors (Lipinski definition) is 1. The number of nitrogens with zero attached hydrogens (tertiary/aromatic N) is 1. The highest BCUT2D eigenvalue weighted by molar-refractivity contribution is 6.17. The number of benzene rings is 6. The molecule has 8 rings (SSSR count). The molecule has 0 saturated carbocycles. The molecule has 0 saturated heterocycles. The number of aromatic nitrogens is 1. The van der Waals surface area contributed by atoms with Crippen LogP contribution in [0, 0.1) is 0 Å². The normalized spacial score (nSPS) is 13.3. The lowest BCUT2D eigenvalue weighted by Gasteiger charge is -2.16. The number of anilines is 1. The largest absolute Gasteiger partial charge is 0.355 e. The summed E-state index contributed by atoms with van der Waals surface area (Å²) in [5.74, 6) is 0. The summed E-state index contributed by atoms with van der Waals surface area (Å²) in [6.45, 7) is 2.05. The minimum atomic E-state index is 1.06. The number of rotatable bonds is 7. The summed E-state index contributed by atoms with van der Waals surface area (Å²) in [5.41, 5.74) is 11.8. The number of allylic oxidation sites excluding steroid dienone is 6. The van der Waals surface area contributed by atoms with Crippen LogP contribution in [0.15, 0.2) is 170 Å². The third kappa shape index (κ3) is 5.49. The van der Waals surface area contributed by atoms with Crippen molar-refractivity contribution in [1.82, 2.24) is 4.57 Å². The second-order valence-corrected chi connectivity index (χ2v) is 12.1. The number of para-hydroxylation sites is 2. The van der Waals surface area contributed by atoms with Gasteiger partial charge in [-0.3, -0.25) is 0 Å². The predicted octanol–water partition coefficient (Wildman–Crippen LogP) is 12.5. The first-order valence-corrected chi connectivity index (χ1v) is 16.5. The first-order chi connectivity index (χ1) is 23.3. The van der Waals surface area contributed by atoms with Crippen molar-refractivity contribution >= 4 is 44.3 Å². The quantitative estimate of drug-likeness (QED) is 0.179. The Bertz CT molecular complexity index is 2380. The smallest absolute Gasteiger partial charge is 0.0553 e. The van der Waals surface area contributed by atoms with E-state index in [4.69, 9.17) is 0 Å². The molecule has 47 heavy (non-hydrogen) atoms. The van der Waals surface area contributed by atoms with Crippen molar-refractivity contribution in [1.29, 1.82) is 0 Å². The fraction of sp³-hybridized carbons (Fsp3) is 0.0667. The lowest BCUT2D eigenvalue weighted by Crippen LogP contribution is -2.01. The topological polar surface area (TPSA) is 17.0 Å². The molecule has 0 atom stereocenters. The van der Waals surface area contributed by atoms with E-state index in [-0.39, 0.29) is 0 Å². The van der Waals surface area contributed by atoms with Crippen LogP contribution >= 0.6 is 0 Å². The molecule has 0 aliphatic heterocycles. The zero-order valence-electron chi connectivity index (χ0n) is 26.5. The summed E-state index contributed by atoms with van der Waals surface area (Å²) in [7, 11) is 0. The Balaban J connectivity index is 1.36. The van der Waals surface area contributed by atoms with E-state index in [1.807, 2.05) is 0 Å². The molecule has 1 aliphatic rings. The van der Waals surface area contributed by atoms with Gasteiger partial charge in [0.15, 0.2) is 0 Å². The number of fused-ring (bicyclic) bond motifs is 4. The van der Waals surface area contributed by atoms with Crippen molar-refractivity contribution < 1.29 is 0 Å². The Labute approximate surface area is 276 Å². The van der Waals surface area contributed by atoms with Crippen LogP contribution in [-0.2, 0) is 0 Å². The van der Waals surface area contributed by atoms with E-state index < -0.39 is 0 Å². The SMILES string of the molecule is C/C=C\C=C/c1cc(-c2ccccc2NC2=CCCC=C2)c2c3ccccc3n(-c3ccc4cc(-c5ccccc5)ccc4c3)c2c1. The standard InChI is InChI=1S/C45H36N2/c1-2-3-6-15-32-28-41(39-20-11-13-22-42(39)46-37-18-9-5-10-19-37)45-40-21-12-14-23-43(40)47(44(45)29-32)38-27-26-35-30-34(24-25-36(35)31-38)33-16-7-4-8-17-33/h2-4,6-9,11-31,46H,5,10H2,1H3/b3-2-,15-6-. The average Bonchev–Trinajstić information content (AvgIpc) is 3.46. The Morgan fingerprint density at radius 1 is 0.638 bits per heavy atom. The average molecular weight is 605 g/mol. The highest BCUT2D eigenvalue weighted by Gasteiger charge is 2.19. The van der Waals surface area contributed by atoms with Gasteiger partial charge in [0, 0.05) is 33.4 Å². The Kier molecular flexibility index (Phi) is 7.61. The van der Waals surface area contributed by atoms with Crippen LogP contribution in [0.25, 0.3) is 66.6 Å². The molecule has 0 amide bonds. The van der Waals surface area contributed by atoms with Gasteiger partial charge in [0.05, 0.1) is 11.0 Å². The van der Waals surface area contributed by atoms with Gasteiger partial charge in [-0.2, -0.15) is 0 Å². The van der Waals surface area contributed by atoms with Gasteiger partial charge in [0.25, 0.3) is 0 Å². The second kappa shape index (κ2) is 12.5. The van der Waals surface area contributed by atoms with E-state index in [0.717, 1.165) is 35.5 Å². The van der Waals surface area contributed by atoms with Crippen molar-refractivity contribution in [2.45, 2.75) is 19.8 Å². The minimum Gasteiger partial charge on any atom is -0.355 e. The molecule has 0 spiro atoms. The van der Waals surface area contributed by atoms with E-state index in [1.165, 1.54) is 54.8 Å². The maximum absolute atomic E-state index is 3.75. The molecule has 0 bridgehead atoms. The van der Waals surface area contributed by atoms with Gasteiger partial charge in [-0.05, 0) is 101 Å². The summed E-state index contributed by atoms with van der Waals surface area (Å²) < 4.78 is 2.44. The van der Waals surface area contributed by atoms with Crippen molar-refractivity contribution in [2.75, 3.05) is 5.32 Å². The molecule has 0 radical (unpaired) electrons. The van der Waals surface area contributed by atoms with E-state index >= 15 is 0 Å². The molecule has 1 heterocycles. The van der Waals surface area contributed by atoms with Crippen molar-refractivity contribution in [3.63, 3.8) is 0 Å². The van der Waals surface area contributed by atoms with Crippen LogP contribution in [0.4, 0.5) is 5.69 Å². The maximum atomic E-state index is 3.75. The number of hydrogen-bond acceptors (Lipinski definition) is 1. The first kappa shape index (κ1) is 28.6. The second-order valence-electron chi connectivity index (χ2n) is 12.1. The van der Waals surface area contributed by atoms with Gasteiger partial charge >= 0.3 is 0 Å². The summed E-state index contributed by atoms with van der Waals surface area (Å²) in [6, 6.07) is 46.4. The van der Waals surface area contributed by atoms with Gasteiger partial charge in [0.2, 0.25) is 0 Å². The summed E-state index contributed by atoms with van der Waals surface area (Å²) in [5, 5.41) is 8.70. The zero-order chi connectivity index (χ0) is 31.6. The Morgan fingerprint density at radius 3 is 2.32 bits per heavy atom. The first-order valence-electron chi connectivity index (χ1n) is 16.5. The highest BCUT2D eigenvalue weighted by Crippen LogP contribution is 2.42. The summed E-state index contributed by atoms with van der Waals surface area (Å²) >= 11 is 0. The molecule has 226 valence electrons. The van der Waals surface area contributed by atoms with E-state index in [0.29, 0.717) is 0 Å². The van der Waals surface area contributed by atoms with E-state index in [2.05, 4.69) is 187 Å². The van der Waals surface area contributed by atoms with Crippen LogP contribution in [0.3, 0.4) is 0 Å². The highest BCUT2D eigenvalue weighted by atomic mass is 15.0. The summed E-state index contributed by atoms with van der Waals surface area (Å²) in [6.07, 6.45) is 17.4. The fourth-order valence-corrected chi connectivity index (χ4v) is 6.85. The molecule has 2 nitrogen and oxygen atoms in total. The lowest BCUT2D eigenvalue weighted by molar-refractivity contribution is 1.02. The minimum absolute atomic E-state index is 1.06. The van der Waals surface area contributed by atoms with Crippen LogP contribution in [-0.4, -0.2) is 4.57 Å². The molecule has 2 heteroatoms. The zero-order valence-corrected chi connectivity index (χ0v) is 26.5. The van der Waals surface area contributed by atoms with Crippen LogP contribution in [0.1, 0.15) is 25.3 Å². The van der Waals surface area contributed by atoms with Crippen LogP contribution < -0.4 is 5.32 Å². The van der Waals surface area contributed by atoms with Crippen molar-refractivity contribution in [3.05, 3.63) is 175 Å². The Morgan fingerprint density at radius 2 is 1.45 bits per heavy atom. The van der Waals surface area contributed by atoms with Gasteiger partial charge in [-0.15, -0.1) is 0 Å². The number of nitrogens with one attached hydrogen (secondary N) is 1. The van der Waals surface area contributed by atoms with Gasteiger partial charge in [-0.1, -0.05) is 121 Å². The molecular weight excluding hydrogens is 569 g/mol. The third-order valence-electron chi connectivity index (χ3n) is 9.07. The Hall–Kier alpha value is -5.86. The lowest BCUT2D eigenvalue weighted by atomic mass is 9.95. The van der Waals surface area contributed by atoms with Crippen molar-refractivity contribution in [3.8, 4) is 27.9 Å². The summed E-state index contributed by atoms with van der Waals surface area (Å²) in [4.78, 5) is 0. The molecular formula is C45H36N2. The van der Waals surface area contributed by atoms with Crippen LogP contribution in [0.5, 0.6) is 0 Å². The van der Waals surface area contributed by atoms with Gasteiger partial charge in [-0.25, -0.2) is 0 Å². The molecule has 7 aromatic rings. The van der Waals surface area contributed by atoms with E-state index in [9.17, 15) is 0 Å². The molecule has 6 aromatic carbocycles. The van der Waals surface area contributed by atoms with Crippen LogP contribution in [0.2, 0.25) is 0 Å².